The molecule has 0 bridgehead atoms. The molecule has 0 unspecified atom stereocenters. The molecule has 1 rings (SSSR count). The minimum absolute atomic E-state index is 0.892. The molecular weight excluding hydrogens is 224 g/mol. The second-order valence-corrected chi connectivity index (χ2v) is 4.91. The van der Waals surface area contributed by atoms with Gasteiger partial charge in [0.1, 0.15) is 0 Å². The zero-order chi connectivity index (χ0) is 13.4. The topological polar surface area (TPSA) is 31.4 Å². The second kappa shape index (κ2) is 8.06. The molecule has 0 spiro atoms. The van der Waals surface area contributed by atoms with Crippen molar-refractivity contribution in [3.8, 4) is 0 Å². The Morgan fingerprint density at radius 2 is 2.00 bits per heavy atom. The average molecular weight is 250 g/mol. The molecule has 0 aliphatic heterocycles. The predicted molar refractivity (Wildman–Crippen MR) is 78.1 cm³/mol. The van der Waals surface area contributed by atoms with Crippen LogP contribution in [0.4, 0.5) is 5.69 Å². The zero-order valence-electron chi connectivity index (χ0n) is 12.1. The minimum atomic E-state index is 0.892. The standard InChI is InChI=1S/C14H26N4/c1-5-7-15-11-13-12-16-8-6-14(13)18(4)10-9-17(2)3/h6,8,12,15H,5,7,9-11H2,1-4H3. The highest BCUT2D eigenvalue weighted by molar-refractivity contribution is 5.51. The van der Waals surface area contributed by atoms with Crippen LogP contribution < -0.4 is 10.2 Å². The van der Waals surface area contributed by atoms with Crippen LogP contribution in [0, 0.1) is 0 Å². The highest BCUT2D eigenvalue weighted by Gasteiger charge is 2.07. The molecule has 0 aliphatic carbocycles. The van der Waals surface area contributed by atoms with Gasteiger partial charge < -0.3 is 15.1 Å². The molecule has 102 valence electrons. The van der Waals surface area contributed by atoms with E-state index in [9.17, 15) is 0 Å². The molecule has 1 heterocycles. The van der Waals surface area contributed by atoms with Gasteiger partial charge in [-0.1, -0.05) is 6.92 Å². The summed E-state index contributed by atoms with van der Waals surface area (Å²) in [5.74, 6) is 0. The van der Waals surface area contributed by atoms with E-state index in [-0.39, 0.29) is 0 Å². The lowest BCUT2D eigenvalue weighted by Crippen LogP contribution is -2.29. The van der Waals surface area contributed by atoms with Crippen LogP contribution >= 0.6 is 0 Å². The fourth-order valence-corrected chi connectivity index (χ4v) is 1.80. The Bertz CT molecular complexity index is 338. The van der Waals surface area contributed by atoms with E-state index < -0.39 is 0 Å². The van der Waals surface area contributed by atoms with E-state index in [0.717, 1.165) is 32.6 Å². The quantitative estimate of drug-likeness (QED) is 0.710. The maximum atomic E-state index is 4.22. The van der Waals surface area contributed by atoms with Crippen LogP contribution in [0.1, 0.15) is 18.9 Å². The smallest absolute Gasteiger partial charge is 0.0440 e. The van der Waals surface area contributed by atoms with Gasteiger partial charge in [-0.3, -0.25) is 4.98 Å². The predicted octanol–water partition coefficient (Wildman–Crippen LogP) is 1.58. The summed E-state index contributed by atoms with van der Waals surface area (Å²) in [6.45, 7) is 6.21. The number of hydrogen-bond donors (Lipinski definition) is 1. The maximum Gasteiger partial charge on any atom is 0.0440 e. The fourth-order valence-electron chi connectivity index (χ4n) is 1.80. The third kappa shape index (κ3) is 5.02. The van der Waals surface area contributed by atoms with Gasteiger partial charge in [-0.25, -0.2) is 0 Å². The van der Waals surface area contributed by atoms with Crippen molar-refractivity contribution in [1.29, 1.82) is 0 Å². The molecule has 0 aliphatic rings. The van der Waals surface area contributed by atoms with Gasteiger partial charge in [0.05, 0.1) is 0 Å². The summed E-state index contributed by atoms with van der Waals surface area (Å²) >= 11 is 0. The van der Waals surface area contributed by atoms with Crippen molar-refractivity contribution < 1.29 is 0 Å². The van der Waals surface area contributed by atoms with E-state index in [2.05, 4.69) is 54.2 Å². The van der Waals surface area contributed by atoms with Crippen LogP contribution in [0.3, 0.4) is 0 Å². The van der Waals surface area contributed by atoms with Gasteiger partial charge in [-0.05, 0) is 33.1 Å². The van der Waals surface area contributed by atoms with Gasteiger partial charge in [0, 0.05) is 50.3 Å². The van der Waals surface area contributed by atoms with Crippen LogP contribution in [0.2, 0.25) is 0 Å². The van der Waals surface area contributed by atoms with Crippen molar-refractivity contribution in [3.63, 3.8) is 0 Å². The first-order valence-corrected chi connectivity index (χ1v) is 6.64. The van der Waals surface area contributed by atoms with Gasteiger partial charge in [0.15, 0.2) is 0 Å². The first-order chi connectivity index (χ1) is 8.65. The number of nitrogens with zero attached hydrogens (tertiary/aromatic N) is 3. The summed E-state index contributed by atoms with van der Waals surface area (Å²) < 4.78 is 0. The Hall–Kier alpha value is -1.13. The van der Waals surface area contributed by atoms with Gasteiger partial charge in [0.2, 0.25) is 0 Å². The number of anilines is 1. The van der Waals surface area contributed by atoms with Gasteiger partial charge in [-0.15, -0.1) is 0 Å². The van der Waals surface area contributed by atoms with Gasteiger partial charge in [-0.2, -0.15) is 0 Å². The van der Waals surface area contributed by atoms with Crippen molar-refractivity contribution in [1.82, 2.24) is 15.2 Å². The van der Waals surface area contributed by atoms with Crippen LogP contribution in [0.5, 0.6) is 0 Å². The molecule has 0 amide bonds. The highest BCUT2D eigenvalue weighted by Crippen LogP contribution is 2.17. The lowest BCUT2D eigenvalue weighted by Gasteiger charge is -2.24. The largest absolute Gasteiger partial charge is 0.373 e. The molecule has 4 heteroatoms. The Morgan fingerprint density at radius 3 is 2.67 bits per heavy atom. The number of aromatic nitrogens is 1. The lowest BCUT2D eigenvalue weighted by atomic mass is 10.2. The molecule has 4 nitrogen and oxygen atoms in total. The molecule has 0 saturated carbocycles. The van der Waals surface area contributed by atoms with Crippen LogP contribution in [-0.4, -0.2) is 50.7 Å². The van der Waals surface area contributed by atoms with Crippen LogP contribution in [-0.2, 0) is 6.54 Å². The molecule has 0 atom stereocenters. The second-order valence-electron chi connectivity index (χ2n) is 4.91. The van der Waals surface area contributed by atoms with E-state index in [1.54, 1.807) is 0 Å². The molecule has 1 N–H and O–H groups in total. The fraction of sp³-hybridized carbons (Fsp3) is 0.643. The van der Waals surface area contributed by atoms with Crippen molar-refractivity contribution in [3.05, 3.63) is 24.0 Å². The number of likely N-dealkylation sites (N-methyl/N-ethyl adjacent to an activating group) is 2. The SMILES string of the molecule is CCCNCc1cnccc1N(C)CCN(C)C. The first-order valence-electron chi connectivity index (χ1n) is 6.64. The van der Waals surface area contributed by atoms with Gasteiger partial charge >= 0.3 is 0 Å². The first kappa shape index (κ1) is 14.9. The zero-order valence-corrected chi connectivity index (χ0v) is 12.1. The molecule has 0 aromatic carbocycles. The third-order valence-corrected chi connectivity index (χ3v) is 2.91. The Kier molecular flexibility index (Phi) is 6.68. The summed E-state index contributed by atoms with van der Waals surface area (Å²) in [6, 6.07) is 2.10. The Balaban J connectivity index is 2.62. The Labute approximate surface area is 111 Å². The monoisotopic (exact) mass is 250 g/mol. The molecule has 1 aromatic rings. The van der Waals surface area contributed by atoms with Crippen LogP contribution in [0.15, 0.2) is 18.5 Å². The third-order valence-electron chi connectivity index (χ3n) is 2.91. The van der Waals surface area contributed by atoms with Crippen LogP contribution in [0.25, 0.3) is 0 Å². The molecule has 18 heavy (non-hydrogen) atoms. The highest BCUT2D eigenvalue weighted by atomic mass is 15.2. The summed E-state index contributed by atoms with van der Waals surface area (Å²) in [7, 11) is 6.34. The summed E-state index contributed by atoms with van der Waals surface area (Å²) in [6.07, 6.45) is 4.99. The van der Waals surface area contributed by atoms with E-state index in [1.165, 1.54) is 11.3 Å². The number of pyridine rings is 1. The molecular formula is C14H26N4. The summed E-state index contributed by atoms with van der Waals surface area (Å²) in [5.41, 5.74) is 2.54. The lowest BCUT2D eigenvalue weighted by molar-refractivity contribution is 0.416. The minimum Gasteiger partial charge on any atom is -0.373 e. The number of hydrogen-bond acceptors (Lipinski definition) is 4. The summed E-state index contributed by atoms with van der Waals surface area (Å²) in [5, 5.41) is 3.43. The van der Waals surface area contributed by atoms with Crippen molar-refractivity contribution in [2.75, 3.05) is 45.7 Å². The van der Waals surface area contributed by atoms with E-state index in [0.29, 0.717) is 0 Å². The number of nitrogens with one attached hydrogen (secondary N) is 1. The van der Waals surface area contributed by atoms with Gasteiger partial charge in [0.25, 0.3) is 0 Å². The summed E-state index contributed by atoms with van der Waals surface area (Å²) in [4.78, 5) is 8.72. The van der Waals surface area contributed by atoms with Crippen molar-refractivity contribution in [2.45, 2.75) is 19.9 Å². The molecule has 0 saturated heterocycles. The average Bonchev–Trinajstić information content (AvgIpc) is 2.37. The van der Waals surface area contributed by atoms with E-state index >= 15 is 0 Å². The van der Waals surface area contributed by atoms with Crippen molar-refractivity contribution >= 4 is 5.69 Å². The van der Waals surface area contributed by atoms with E-state index in [1.807, 2.05) is 12.4 Å². The molecule has 0 fully saturated rings. The molecule has 0 radical (unpaired) electrons. The maximum absolute atomic E-state index is 4.22. The van der Waals surface area contributed by atoms with Crippen molar-refractivity contribution in [2.24, 2.45) is 0 Å². The van der Waals surface area contributed by atoms with E-state index in [4.69, 9.17) is 0 Å². The Morgan fingerprint density at radius 1 is 1.22 bits per heavy atom. The normalized spacial score (nSPS) is 10.9. The number of rotatable bonds is 8. The molecule has 1 aromatic heterocycles.